The summed E-state index contributed by atoms with van der Waals surface area (Å²) in [6.07, 6.45) is 1.74. The molecule has 4 rings (SSSR count). The van der Waals surface area contributed by atoms with Gasteiger partial charge in [0.05, 0.1) is 10.5 Å². The minimum Gasteiger partial charge on any atom is -0.449 e. The van der Waals surface area contributed by atoms with Crippen molar-refractivity contribution in [2.24, 2.45) is 0 Å². The summed E-state index contributed by atoms with van der Waals surface area (Å²) in [5, 5.41) is 0. The van der Waals surface area contributed by atoms with Gasteiger partial charge in [0.2, 0.25) is 10.0 Å². The maximum absolute atomic E-state index is 12.9. The highest BCUT2D eigenvalue weighted by molar-refractivity contribution is 7.89. The van der Waals surface area contributed by atoms with Crippen LogP contribution in [0.2, 0.25) is 0 Å². The molecule has 2 aliphatic heterocycles. The van der Waals surface area contributed by atoms with Crippen molar-refractivity contribution in [3.8, 4) is 0 Å². The summed E-state index contributed by atoms with van der Waals surface area (Å²) in [6.45, 7) is 6.00. The molecule has 1 unspecified atom stereocenters. The number of nitrogens with zero attached hydrogens (tertiary/aromatic N) is 3. The number of amides is 1. The highest BCUT2D eigenvalue weighted by Crippen LogP contribution is 2.22. The number of ether oxygens (including phenoxy) is 1. The number of benzene rings is 2. The van der Waals surface area contributed by atoms with Crippen LogP contribution < -0.4 is 0 Å². The number of rotatable bonds is 7. The van der Waals surface area contributed by atoms with E-state index in [-0.39, 0.29) is 16.4 Å². The molecular formula is C26H33N3O5S. The van der Waals surface area contributed by atoms with Gasteiger partial charge in [0.15, 0.2) is 6.10 Å². The standard InChI is InChI=1S/C26H33N3O5S/c1-21(25(30)28-17-15-27(16-18-28)20-22-9-4-2-5-10-22)34-26(31)23-11-8-12-24(19-23)35(32,33)29-13-6-3-7-14-29/h2,4-5,8-12,19,21H,3,6-7,13-18,20H2,1H3. The van der Waals surface area contributed by atoms with Crippen LogP contribution in [0.15, 0.2) is 59.5 Å². The van der Waals surface area contributed by atoms with E-state index < -0.39 is 22.1 Å². The molecule has 8 nitrogen and oxygen atoms in total. The van der Waals surface area contributed by atoms with Crippen LogP contribution in [0.3, 0.4) is 0 Å². The average molecular weight is 500 g/mol. The van der Waals surface area contributed by atoms with Crippen LogP contribution >= 0.6 is 0 Å². The Kier molecular flexibility index (Phi) is 8.20. The molecule has 2 aliphatic rings. The SMILES string of the molecule is CC(OC(=O)c1cccc(S(=O)(=O)N2CCCCC2)c1)C(=O)N1CCN(Cc2ccccc2)CC1. The summed E-state index contributed by atoms with van der Waals surface area (Å²) in [5.41, 5.74) is 1.36. The maximum Gasteiger partial charge on any atom is 0.338 e. The van der Waals surface area contributed by atoms with Crippen molar-refractivity contribution in [2.45, 2.75) is 43.7 Å². The average Bonchev–Trinajstić information content (AvgIpc) is 2.90. The Morgan fingerprint density at radius 1 is 0.886 bits per heavy atom. The fourth-order valence-electron chi connectivity index (χ4n) is 4.54. The highest BCUT2D eigenvalue weighted by Gasteiger charge is 2.29. The minimum atomic E-state index is -3.66. The molecule has 0 N–H and O–H groups in total. The third-order valence-electron chi connectivity index (χ3n) is 6.59. The molecule has 0 radical (unpaired) electrons. The van der Waals surface area contributed by atoms with E-state index in [1.807, 2.05) is 18.2 Å². The van der Waals surface area contributed by atoms with Crippen molar-refractivity contribution in [1.29, 1.82) is 0 Å². The summed E-state index contributed by atoms with van der Waals surface area (Å²) in [7, 11) is -3.66. The Morgan fingerprint density at radius 3 is 2.26 bits per heavy atom. The Labute approximate surface area is 207 Å². The van der Waals surface area contributed by atoms with Crippen molar-refractivity contribution >= 4 is 21.9 Å². The molecule has 1 amide bonds. The zero-order chi connectivity index (χ0) is 24.8. The molecule has 2 saturated heterocycles. The van der Waals surface area contributed by atoms with Crippen molar-refractivity contribution in [3.05, 3.63) is 65.7 Å². The van der Waals surface area contributed by atoms with E-state index in [0.717, 1.165) is 38.9 Å². The lowest BCUT2D eigenvalue weighted by Gasteiger charge is -2.35. The predicted molar refractivity (Wildman–Crippen MR) is 132 cm³/mol. The molecule has 188 valence electrons. The second-order valence-electron chi connectivity index (χ2n) is 9.13. The summed E-state index contributed by atoms with van der Waals surface area (Å²) in [6, 6.07) is 16.1. The summed E-state index contributed by atoms with van der Waals surface area (Å²) < 4.78 is 32.8. The lowest BCUT2D eigenvalue weighted by Crippen LogP contribution is -2.51. The van der Waals surface area contributed by atoms with Crippen molar-refractivity contribution in [3.63, 3.8) is 0 Å². The van der Waals surface area contributed by atoms with Gasteiger partial charge < -0.3 is 9.64 Å². The summed E-state index contributed by atoms with van der Waals surface area (Å²) in [4.78, 5) is 29.7. The predicted octanol–water partition coefficient (Wildman–Crippen LogP) is 2.75. The second kappa shape index (κ2) is 11.3. The largest absolute Gasteiger partial charge is 0.449 e. The van der Waals surface area contributed by atoms with Gasteiger partial charge in [0.1, 0.15) is 0 Å². The fraction of sp³-hybridized carbons (Fsp3) is 0.462. The van der Waals surface area contributed by atoms with Gasteiger partial charge in [0, 0.05) is 45.8 Å². The quantitative estimate of drug-likeness (QED) is 0.545. The molecule has 35 heavy (non-hydrogen) atoms. The molecule has 0 bridgehead atoms. The van der Waals surface area contributed by atoms with Crippen LogP contribution in [0.4, 0.5) is 0 Å². The molecule has 0 spiro atoms. The van der Waals surface area contributed by atoms with Gasteiger partial charge in [-0.2, -0.15) is 4.31 Å². The van der Waals surface area contributed by atoms with E-state index in [9.17, 15) is 18.0 Å². The van der Waals surface area contributed by atoms with E-state index in [1.165, 1.54) is 34.1 Å². The van der Waals surface area contributed by atoms with Crippen LogP contribution in [-0.2, 0) is 26.1 Å². The molecule has 2 aromatic rings. The molecule has 2 heterocycles. The number of hydrogen-bond donors (Lipinski definition) is 0. The van der Waals surface area contributed by atoms with Crippen LogP contribution in [0.25, 0.3) is 0 Å². The zero-order valence-electron chi connectivity index (χ0n) is 20.1. The molecule has 9 heteroatoms. The summed E-state index contributed by atoms with van der Waals surface area (Å²) in [5.74, 6) is -0.945. The van der Waals surface area contributed by atoms with Gasteiger partial charge in [-0.25, -0.2) is 13.2 Å². The number of carbonyl (C=O) groups is 2. The zero-order valence-corrected chi connectivity index (χ0v) is 21.0. The van der Waals surface area contributed by atoms with E-state index in [2.05, 4.69) is 17.0 Å². The lowest BCUT2D eigenvalue weighted by molar-refractivity contribution is -0.141. The van der Waals surface area contributed by atoms with Gasteiger partial charge >= 0.3 is 5.97 Å². The number of piperazine rings is 1. The first-order valence-corrected chi connectivity index (χ1v) is 13.6. The van der Waals surface area contributed by atoms with Crippen molar-refractivity contribution in [2.75, 3.05) is 39.3 Å². The van der Waals surface area contributed by atoms with Gasteiger partial charge in [-0.1, -0.05) is 42.8 Å². The molecule has 1 atom stereocenters. The topological polar surface area (TPSA) is 87.2 Å². The molecule has 0 aliphatic carbocycles. The molecule has 2 fully saturated rings. The number of hydrogen-bond acceptors (Lipinski definition) is 6. The number of sulfonamides is 1. The maximum atomic E-state index is 12.9. The van der Waals surface area contributed by atoms with E-state index in [1.54, 1.807) is 11.8 Å². The molecule has 2 aromatic carbocycles. The number of carbonyl (C=O) groups excluding carboxylic acids is 2. The van der Waals surface area contributed by atoms with Crippen LogP contribution in [0.1, 0.15) is 42.1 Å². The minimum absolute atomic E-state index is 0.0716. The fourth-order valence-corrected chi connectivity index (χ4v) is 6.11. The third-order valence-corrected chi connectivity index (χ3v) is 8.48. The Balaban J connectivity index is 1.32. The monoisotopic (exact) mass is 499 g/mol. The number of piperidine rings is 1. The van der Waals surface area contributed by atoms with Crippen molar-refractivity contribution in [1.82, 2.24) is 14.1 Å². The van der Waals surface area contributed by atoms with Gasteiger partial charge in [0.25, 0.3) is 5.91 Å². The van der Waals surface area contributed by atoms with E-state index in [4.69, 9.17) is 4.74 Å². The van der Waals surface area contributed by atoms with Gasteiger partial charge in [-0.3, -0.25) is 9.69 Å². The highest BCUT2D eigenvalue weighted by atomic mass is 32.2. The number of esters is 1. The first kappa shape index (κ1) is 25.3. The Hall–Kier alpha value is -2.75. The first-order chi connectivity index (χ1) is 16.8. The van der Waals surface area contributed by atoms with Gasteiger partial charge in [-0.15, -0.1) is 0 Å². The Bertz CT molecular complexity index is 1120. The van der Waals surface area contributed by atoms with Crippen molar-refractivity contribution < 1.29 is 22.7 Å². The van der Waals surface area contributed by atoms with E-state index in [0.29, 0.717) is 26.2 Å². The smallest absolute Gasteiger partial charge is 0.338 e. The van der Waals surface area contributed by atoms with Crippen LogP contribution in [0, 0.1) is 0 Å². The second-order valence-corrected chi connectivity index (χ2v) is 11.1. The lowest BCUT2D eigenvalue weighted by atomic mass is 10.2. The summed E-state index contributed by atoms with van der Waals surface area (Å²) >= 11 is 0. The molecule has 0 aromatic heterocycles. The molecule has 0 saturated carbocycles. The molecular weight excluding hydrogens is 466 g/mol. The Morgan fingerprint density at radius 2 is 1.57 bits per heavy atom. The first-order valence-electron chi connectivity index (χ1n) is 12.2. The van der Waals surface area contributed by atoms with E-state index >= 15 is 0 Å². The third kappa shape index (κ3) is 6.28. The van der Waals surface area contributed by atoms with Crippen LogP contribution in [0.5, 0.6) is 0 Å². The normalized spacial score (nSPS) is 18.7. The van der Waals surface area contributed by atoms with Gasteiger partial charge in [-0.05, 0) is 43.5 Å². The van der Waals surface area contributed by atoms with Crippen LogP contribution in [-0.4, -0.2) is 79.8 Å².